The first kappa shape index (κ1) is 28.4. The van der Waals surface area contributed by atoms with E-state index < -0.39 is 31.0 Å². The molecule has 10 heteroatoms. The van der Waals surface area contributed by atoms with E-state index in [-0.39, 0.29) is 167 Å². The van der Waals surface area contributed by atoms with E-state index in [4.69, 9.17) is 15.3 Å². The molecule has 0 aliphatic heterocycles. The summed E-state index contributed by atoms with van der Waals surface area (Å²) in [5.41, 5.74) is 0. The van der Waals surface area contributed by atoms with Gasteiger partial charge in [-0.1, -0.05) is 0 Å². The van der Waals surface area contributed by atoms with Gasteiger partial charge in [0, 0.05) is 161 Å². The molecule has 0 fully saturated rings. The minimum Gasteiger partial charge on any atom is -0.481 e. The maximum atomic E-state index is 10.3. The van der Waals surface area contributed by atoms with Crippen LogP contribution in [0.25, 0.3) is 0 Å². The molecule has 0 saturated carbocycles. The molecule has 83 valence electrons. The number of hydrogen-bond acceptors (Lipinski definition) is 4. The zero-order valence-electron chi connectivity index (χ0n) is 10.3. The fourth-order valence-electron chi connectivity index (χ4n) is 0.850. The molecule has 0 rings (SSSR count). The Morgan fingerprint density at radius 1 is 0.765 bits per heavy atom. The van der Waals surface area contributed by atoms with Gasteiger partial charge in [0.15, 0.2) is 0 Å². The molecule has 17 heavy (non-hydrogen) atoms. The van der Waals surface area contributed by atoms with Gasteiger partial charge in [0.2, 0.25) is 0 Å². The van der Waals surface area contributed by atoms with Gasteiger partial charge in [0.1, 0.15) is 0 Å². The van der Waals surface area contributed by atoms with Crippen molar-refractivity contribution in [3.63, 3.8) is 0 Å². The first-order chi connectivity index (χ1) is 6.41. The van der Waals surface area contributed by atoms with Gasteiger partial charge in [-0.3, -0.25) is 19.3 Å². The van der Waals surface area contributed by atoms with Gasteiger partial charge in [-0.2, -0.15) is 0 Å². The molecule has 0 bridgehead atoms. The van der Waals surface area contributed by atoms with Gasteiger partial charge in [0.25, 0.3) is 0 Å². The van der Waals surface area contributed by atoms with Crippen LogP contribution in [0.15, 0.2) is 0 Å². The van der Waals surface area contributed by atoms with Gasteiger partial charge in [-0.15, -0.1) is 0 Å². The quantitative estimate of drug-likeness (QED) is 0.455. The second-order valence-electron chi connectivity index (χ2n) is 2.64. The number of hydrogen-bond donors (Lipinski definition) is 3. The number of carboxylic acids is 3. The second-order valence-corrected chi connectivity index (χ2v) is 2.64. The summed E-state index contributed by atoms with van der Waals surface area (Å²) in [6.07, 6.45) is -0.277. The molecule has 0 heterocycles. The summed E-state index contributed by atoms with van der Waals surface area (Å²) < 4.78 is 0. The summed E-state index contributed by atoms with van der Waals surface area (Å²) in [5.74, 6) is -3.46. The molecule has 0 spiro atoms. The van der Waals surface area contributed by atoms with Crippen molar-refractivity contribution in [1.82, 2.24) is 4.90 Å². The Morgan fingerprint density at radius 3 is 1.35 bits per heavy atom. The number of rotatable bonds is 7. The van der Waals surface area contributed by atoms with E-state index in [0.717, 1.165) is 4.90 Å². The van der Waals surface area contributed by atoms with E-state index in [1.807, 2.05) is 0 Å². The van der Waals surface area contributed by atoms with Crippen molar-refractivity contribution in [2.45, 2.75) is 6.42 Å². The monoisotopic (exact) mass is 322 g/mol. The number of nitrogens with zero attached hydrogens (tertiary/aromatic N) is 1. The number of aliphatic carboxylic acids is 3. The molecule has 0 amide bonds. The molecular formula is C7H11K3NO6. The van der Waals surface area contributed by atoms with Crippen molar-refractivity contribution < 1.29 is 29.7 Å². The summed E-state index contributed by atoms with van der Waals surface area (Å²) in [6, 6.07) is 0. The first-order valence-corrected chi connectivity index (χ1v) is 3.79. The van der Waals surface area contributed by atoms with Crippen LogP contribution < -0.4 is 0 Å². The molecule has 0 atom stereocenters. The Balaban J connectivity index is -0.000000282. The molecule has 0 aromatic heterocycles. The Bertz CT molecular complexity index is 234. The van der Waals surface area contributed by atoms with E-state index in [2.05, 4.69) is 0 Å². The number of carboxylic acid groups (broad SMARTS) is 3. The van der Waals surface area contributed by atoms with Crippen LogP contribution in [0, 0.1) is 0 Å². The van der Waals surface area contributed by atoms with Gasteiger partial charge < -0.3 is 15.3 Å². The predicted molar refractivity (Wildman–Crippen MR) is 61.2 cm³/mol. The minimum absolute atomic E-state index is 0. The molecule has 0 saturated heterocycles. The normalized spacial score (nSPS) is 8.29. The van der Waals surface area contributed by atoms with Crippen LogP contribution in [0.4, 0.5) is 0 Å². The Morgan fingerprint density at radius 2 is 1.12 bits per heavy atom. The summed E-state index contributed by atoms with van der Waals surface area (Å²) in [7, 11) is 0. The Kier molecular flexibility index (Phi) is 29.0. The average molecular weight is 322 g/mol. The van der Waals surface area contributed by atoms with E-state index >= 15 is 0 Å². The molecule has 7 nitrogen and oxygen atoms in total. The van der Waals surface area contributed by atoms with Crippen LogP contribution in [-0.4, -0.2) is 212 Å². The molecule has 0 unspecified atom stereocenters. The van der Waals surface area contributed by atoms with Gasteiger partial charge in [-0.05, 0) is 0 Å². The third-order valence-electron chi connectivity index (χ3n) is 1.36. The van der Waals surface area contributed by atoms with Gasteiger partial charge >= 0.3 is 17.9 Å². The van der Waals surface area contributed by atoms with Crippen molar-refractivity contribution >= 4 is 172 Å². The zero-order valence-corrected chi connectivity index (χ0v) is 19.7. The van der Waals surface area contributed by atoms with Crippen LogP contribution in [0.2, 0.25) is 0 Å². The van der Waals surface area contributed by atoms with E-state index in [1.165, 1.54) is 0 Å². The van der Waals surface area contributed by atoms with Gasteiger partial charge in [0.05, 0.1) is 19.5 Å². The van der Waals surface area contributed by atoms with Gasteiger partial charge in [-0.25, -0.2) is 0 Å². The van der Waals surface area contributed by atoms with E-state index in [1.54, 1.807) is 0 Å². The minimum atomic E-state index is -1.18. The summed E-state index contributed by atoms with van der Waals surface area (Å²) in [6.45, 7) is -1.03. The van der Waals surface area contributed by atoms with Crippen LogP contribution in [0.1, 0.15) is 6.42 Å². The molecule has 0 aromatic rings. The fraction of sp³-hybridized carbons (Fsp3) is 0.571. The average Bonchev–Trinajstić information content (AvgIpc) is 1.97. The molecule has 0 aliphatic rings. The Labute approximate surface area is 226 Å². The smallest absolute Gasteiger partial charge is 0.317 e. The molecule has 3 N–H and O–H groups in total. The third-order valence-corrected chi connectivity index (χ3v) is 1.36. The van der Waals surface area contributed by atoms with Crippen molar-refractivity contribution in [3.05, 3.63) is 0 Å². The van der Waals surface area contributed by atoms with Crippen molar-refractivity contribution in [3.8, 4) is 0 Å². The van der Waals surface area contributed by atoms with Crippen molar-refractivity contribution in [1.29, 1.82) is 0 Å². The number of carbonyl (C=O) groups is 3. The zero-order chi connectivity index (χ0) is 11.1. The molecule has 0 aliphatic carbocycles. The fourth-order valence-corrected chi connectivity index (χ4v) is 0.850. The summed E-state index contributed by atoms with van der Waals surface area (Å²) >= 11 is 0. The summed E-state index contributed by atoms with van der Waals surface area (Å²) in [4.78, 5) is 31.7. The standard InChI is InChI=1S/C7H11NO6.3K/c9-5(10)1-2-8(3-6(11)12)4-7(13)14;;;/h1-4H2,(H,9,10)(H,11,12)(H,13,14);;;. The van der Waals surface area contributed by atoms with E-state index in [9.17, 15) is 14.4 Å². The SMILES string of the molecule is O=C(O)CCN(CC(=O)O)CC(=O)O.[K].[K].[K]. The largest absolute Gasteiger partial charge is 0.481 e. The molecule has 0 aromatic carbocycles. The maximum absolute atomic E-state index is 10.3. The van der Waals surface area contributed by atoms with Crippen LogP contribution in [0.5, 0.6) is 0 Å². The Hall–Kier alpha value is 3.28. The second kappa shape index (κ2) is 17.3. The first-order valence-electron chi connectivity index (χ1n) is 3.79. The molecular weight excluding hydrogens is 311 g/mol. The molecule has 3 radical (unpaired) electrons. The van der Waals surface area contributed by atoms with Crippen LogP contribution in [-0.2, 0) is 14.4 Å². The van der Waals surface area contributed by atoms with Crippen LogP contribution in [0.3, 0.4) is 0 Å². The maximum Gasteiger partial charge on any atom is 0.317 e. The third kappa shape index (κ3) is 21.7. The topological polar surface area (TPSA) is 115 Å². The van der Waals surface area contributed by atoms with Crippen molar-refractivity contribution in [2.75, 3.05) is 19.6 Å². The van der Waals surface area contributed by atoms with Crippen molar-refractivity contribution in [2.24, 2.45) is 0 Å². The van der Waals surface area contributed by atoms with E-state index in [0.29, 0.717) is 0 Å². The predicted octanol–water partition coefficient (Wildman–Crippen LogP) is -2.21. The van der Waals surface area contributed by atoms with Crippen LogP contribution >= 0.6 is 0 Å². The summed E-state index contributed by atoms with van der Waals surface area (Å²) in [5, 5.41) is 25.1.